The first-order chi connectivity index (χ1) is 16.1. The maximum absolute atomic E-state index is 12.9. The molecule has 0 fully saturated rings. The highest BCUT2D eigenvalue weighted by Gasteiger charge is 2.30. The fourth-order valence-corrected chi connectivity index (χ4v) is 3.01. The van der Waals surface area contributed by atoms with Crippen molar-refractivity contribution in [2.45, 2.75) is 13.1 Å². The summed E-state index contributed by atoms with van der Waals surface area (Å²) in [5.74, 6) is -1.23. The number of nitrogens with one attached hydrogen (secondary N) is 4. The van der Waals surface area contributed by atoms with E-state index in [-0.39, 0.29) is 29.6 Å². The van der Waals surface area contributed by atoms with E-state index >= 15 is 0 Å². The van der Waals surface area contributed by atoms with Gasteiger partial charge in [-0.3, -0.25) is 14.4 Å². The minimum Gasteiger partial charge on any atom is -0.376 e. The number of carbonyl (C=O) groups excluding carboxylic acids is 3. The lowest BCUT2D eigenvalue weighted by molar-refractivity contribution is -0.137. The molecule has 3 amide bonds. The van der Waals surface area contributed by atoms with Crippen molar-refractivity contribution in [1.29, 1.82) is 0 Å². The van der Waals surface area contributed by atoms with Crippen molar-refractivity contribution in [3.63, 3.8) is 0 Å². The Kier molecular flexibility index (Phi) is 7.52. The Morgan fingerprint density at radius 1 is 0.735 bits per heavy atom. The zero-order valence-electron chi connectivity index (χ0n) is 18.0. The van der Waals surface area contributed by atoms with Crippen LogP contribution < -0.4 is 21.3 Å². The van der Waals surface area contributed by atoms with Crippen LogP contribution in [0, 0.1) is 0 Å². The molecule has 0 aliphatic rings. The van der Waals surface area contributed by atoms with Gasteiger partial charge in [0.1, 0.15) is 0 Å². The van der Waals surface area contributed by atoms with Gasteiger partial charge < -0.3 is 21.3 Å². The molecule has 0 bridgehead atoms. The Hall–Kier alpha value is -4.34. The highest BCUT2D eigenvalue weighted by atomic mass is 19.4. The van der Waals surface area contributed by atoms with Gasteiger partial charge in [-0.25, -0.2) is 0 Å². The van der Waals surface area contributed by atoms with Crippen molar-refractivity contribution in [1.82, 2.24) is 0 Å². The van der Waals surface area contributed by atoms with Crippen LogP contribution in [0.4, 0.5) is 35.9 Å². The molecule has 3 aromatic rings. The average molecular weight is 470 g/mol. The van der Waals surface area contributed by atoms with Gasteiger partial charge >= 0.3 is 6.18 Å². The van der Waals surface area contributed by atoms with Crippen LogP contribution in [-0.4, -0.2) is 24.3 Å². The number of hydrogen-bond acceptors (Lipinski definition) is 4. The van der Waals surface area contributed by atoms with E-state index < -0.39 is 17.6 Å². The SMILES string of the molecule is CC(=O)Nc1cccc(NCC(=O)Nc2cccc(C(=O)Nc3cccc(C(F)(F)F)c3)c2)c1. The average Bonchev–Trinajstić information content (AvgIpc) is 2.77. The number of anilines is 4. The summed E-state index contributed by atoms with van der Waals surface area (Å²) in [7, 11) is 0. The first-order valence-electron chi connectivity index (χ1n) is 10.1. The maximum Gasteiger partial charge on any atom is 0.416 e. The summed E-state index contributed by atoms with van der Waals surface area (Å²) in [6.45, 7) is 1.31. The lowest BCUT2D eigenvalue weighted by Crippen LogP contribution is -2.22. The lowest BCUT2D eigenvalue weighted by Gasteiger charge is -2.11. The molecule has 34 heavy (non-hydrogen) atoms. The van der Waals surface area contributed by atoms with Gasteiger partial charge in [0.25, 0.3) is 5.91 Å². The largest absolute Gasteiger partial charge is 0.416 e. The molecule has 0 saturated carbocycles. The first kappa shape index (κ1) is 24.3. The summed E-state index contributed by atoms with van der Waals surface area (Å²) in [4.78, 5) is 35.9. The summed E-state index contributed by atoms with van der Waals surface area (Å²) >= 11 is 0. The van der Waals surface area contributed by atoms with Crippen LogP contribution in [0.15, 0.2) is 72.8 Å². The Morgan fingerprint density at radius 2 is 1.32 bits per heavy atom. The number of halogens is 3. The molecule has 3 rings (SSSR count). The molecular formula is C24H21F3N4O3. The highest BCUT2D eigenvalue weighted by Crippen LogP contribution is 2.30. The molecule has 3 aromatic carbocycles. The molecule has 0 aliphatic carbocycles. The number of hydrogen-bond donors (Lipinski definition) is 4. The monoisotopic (exact) mass is 470 g/mol. The smallest absolute Gasteiger partial charge is 0.376 e. The van der Waals surface area contributed by atoms with Crippen molar-refractivity contribution in [3.8, 4) is 0 Å². The number of benzene rings is 3. The van der Waals surface area contributed by atoms with Crippen LogP contribution in [-0.2, 0) is 15.8 Å². The molecule has 10 heteroatoms. The van der Waals surface area contributed by atoms with Crippen molar-refractivity contribution in [2.24, 2.45) is 0 Å². The van der Waals surface area contributed by atoms with Gasteiger partial charge in [-0.15, -0.1) is 0 Å². The van der Waals surface area contributed by atoms with E-state index in [4.69, 9.17) is 0 Å². The quantitative estimate of drug-likeness (QED) is 0.392. The van der Waals surface area contributed by atoms with E-state index in [2.05, 4.69) is 21.3 Å². The standard InChI is InChI=1S/C24H21F3N4O3/c1-15(32)29-21-10-4-7-18(13-21)28-14-22(33)30-19-8-2-5-16(11-19)23(34)31-20-9-3-6-17(12-20)24(25,26)27/h2-13,28H,14H2,1H3,(H,29,32)(H,30,33)(H,31,34). The predicted octanol–water partition coefficient (Wildman–Crippen LogP) is 4.97. The summed E-state index contributed by atoms with van der Waals surface area (Å²) < 4.78 is 38.6. The van der Waals surface area contributed by atoms with Gasteiger partial charge in [0.2, 0.25) is 11.8 Å². The van der Waals surface area contributed by atoms with Crippen LogP contribution in [0.3, 0.4) is 0 Å². The van der Waals surface area contributed by atoms with E-state index in [1.807, 2.05) is 0 Å². The molecule has 0 heterocycles. The molecule has 0 spiro atoms. The Balaban J connectivity index is 1.59. The van der Waals surface area contributed by atoms with Crippen molar-refractivity contribution in [3.05, 3.63) is 83.9 Å². The highest BCUT2D eigenvalue weighted by molar-refractivity contribution is 6.05. The normalized spacial score (nSPS) is 10.8. The Labute approximate surface area is 193 Å². The van der Waals surface area contributed by atoms with Gasteiger partial charge in [-0.1, -0.05) is 18.2 Å². The van der Waals surface area contributed by atoms with Crippen LogP contribution in [0.5, 0.6) is 0 Å². The summed E-state index contributed by atoms with van der Waals surface area (Å²) in [6, 6.07) is 17.2. The third-order valence-electron chi connectivity index (χ3n) is 4.49. The number of alkyl halides is 3. The second kappa shape index (κ2) is 10.5. The Morgan fingerprint density at radius 3 is 2.00 bits per heavy atom. The molecule has 0 aliphatic heterocycles. The van der Waals surface area contributed by atoms with Crippen LogP contribution >= 0.6 is 0 Å². The molecule has 0 saturated heterocycles. The van der Waals surface area contributed by atoms with Gasteiger partial charge in [0.15, 0.2) is 0 Å². The lowest BCUT2D eigenvalue weighted by atomic mass is 10.1. The Bertz CT molecular complexity index is 1210. The molecule has 0 atom stereocenters. The number of rotatable bonds is 7. The first-order valence-corrected chi connectivity index (χ1v) is 10.1. The summed E-state index contributed by atoms with van der Waals surface area (Å²) in [5.41, 5.74) is 0.830. The molecule has 7 nitrogen and oxygen atoms in total. The minimum atomic E-state index is -4.52. The zero-order valence-corrected chi connectivity index (χ0v) is 18.0. The van der Waals surface area contributed by atoms with Crippen LogP contribution in [0.25, 0.3) is 0 Å². The molecular weight excluding hydrogens is 449 g/mol. The third-order valence-corrected chi connectivity index (χ3v) is 4.49. The topological polar surface area (TPSA) is 99.3 Å². The van der Waals surface area contributed by atoms with Gasteiger partial charge in [-0.2, -0.15) is 13.2 Å². The third kappa shape index (κ3) is 7.09. The summed E-state index contributed by atoms with van der Waals surface area (Å²) in [6.07, 6.45) is -4.52. The number of amides is 3. The van der Waals surface area contributed by atoms with E-state index in [1.165, 1.54) is 31.2 Å². The fourth-order valence-electron chi connectivity index (χ4n) is 3.01. The molecule has 176 valence electrons. The molecule has 0 aromatic heterocycles. The molecule has 4 N–H and O–H groups in total. The van der Waals surface area contributed by atoms with Crippen molar-refractivity contribution < 1.29 is 27.6 Å². The van der Waals surface area contributed by atoms with E-state index in [9.17, 15) is 27.6 Å². The van der Waals surface area contributed by atoms with E-state index in [0.29, 0.717) is 17.1 Å². The molecule has 0 unspecified atom stereocenters. The summed E-state index contributed by atoms with van der Waals surface area (Å²) in [5, 5.41) is 10.6. The van der Waals surface area contributed by atoms with Gasteiger partial charge in [0, 0.05) is 35.2 Å². The van der Waals surface area contributed by atoms with Gasteiger partial charge in [0.05, 0.1) is 12.1 Å². The van der Waals surface area contributed by atoms with E-state index in [1.54, 1.807) is 36.4 Å². The van der Waals surface area contributed by atoms with Crippen LogP contribution in [0.1, 0.15) is 22.8 Å². The minimum absolute atomic E-state index is 0.0000400. The van der Waals surface area contributed by atoms with Crippen molar-refractivity contribution in [2.75, 3.05) is 27.8 Å². The second-order valence-electron chi connectivity index (χ2n) is 7.28. The van der Waals surface area contributed by atoms with E-state index in [0.717, 1.165) is 12.1 Å². The van der Waals surface area contributed by atoms with Gasteiger partial charge in [-0.05, 0) is 54.6 Å². The second-order valence-corrected chi connectivity index (χ2v) is 7.28. The zero-order chi connectivity index (χ0) is 24.7. The van der Waals surface area contributed by atoms with Crippen molar-refractivity contribution >= 4 is 40.5 Å². The fraction of sp³-hybridized carbons (Fsp3) is 0.125. The molecule has 0 radical (unpaired) electrons. The van der Waals surface area contributed by atoms with Crippen LogP contribution in [0.2, 0.25) is 0 Å². The maximum atomic E-state index is 12.9. The number of carbonyl (C=O) groups is 3. The predicted molar refractivity (Wildman–Crippen MR) is 124 cm³/mol.